The molecule has 0 heterocycles. The van der Waals surface area contributed by atoms with Crippen LogP contribution in [0.4, 0.5) is 26.3 Å². The zero-order valence-corrected chi connectivity index (χ0v) is 24.8. The van der Waals surface area contributed by atoms with Crippen LogP contribution >= 0.6 is 0 Å². The van der Waals surface area contributed by atoms with E-state index in [1.165, 1.54) is 0 Å². The fourth-order valence-electron chi connectivity index (χ4n) is 8.91. The van der Waals surface area contributed by atoms with Gasteiger partial charge in [-0.3, -0.25) is 23.7 Å². The van der Waals surface area contributed by atoms with Crippen molar-refractivity contribution in [3.63, 3.8) is 0 Å². The van der Waals surface area contributed by atoms with E-state index in [9.17, 15) is 53.9 Å². The minimum absolute atomic E-state index is 0.0113. The van der Waals surface area contributed by atoms with Gasteiger partial charge in [-0.2, -0.15) is 34.8 Å². The monoisotopic (exact) mass is 646 g/mol. The summed E-state index contributed by atoms with van der Waals surface area (Å²) < 4.78 is 116. The van der Waals surface area contributed by atoms with Crippen LogP contribution in [0.2, 0.25) is 0 Å². The summed E-state index contributed by atoms with van der Waals surface area (Å²) in [7, 11) is -5.89. The summed E-state index contributed by atoms with van der Waals surface area (Å²) in [6.45, 7) is 5.42. The van der Waals surface area contributed by atoms with E-state index in [1.807, 2.05) is 0 Å². The highest BCUT2D eigenvalue weighted by Gasteiger charge is 2.76. The van der Waals surface area contributed by atoms with Gasteiger partial charge < -0.3 is 4.74 Å². The molecule has 0 aliphatic heterocycles. The molecule has 0 bridgehead atoms. The van der Waals surface area contributed by atoms with Crippen LogP contribution in [-0.4, -0.2) is 60.0 Å². The number of esters is 1. The third kappa shape index (κ3) is 5.65. The number of ketones is 3. The van der Waals surface area contributed by atoms with Gasteiger partial charge in [0.25, 0.3) is 10.1 Å². The molecule has 15 heteroatoms. The van der Waals surface area contributed by atoms with Crippen molar-refractivity contribution in [2.75, 3.05) is 5.75 Å². The molecule has 4 unspecified atom stereocenters. The largest absolute Gasteiger partial charge is 0.438 e. The predicted octanol–water partition coefficient (Wildman–Crippen LogP) is 5.28. The first-order valence-electron chi connectivity index (χ1n) is 14.4. The van der Waals surface area contributed by atoms with Gasteiger partial charge in [0.2, 0.25) is 0 Å². The number of Topliss-reactive ketones (excluding diaryl/α,β-unsaturated/α-hetero) is 3. The lowest BCUT2D eigenvalue weighted by molar-refractivity contribution is -0.361. The SMILES string of the molecule is C[C@H](CCC(=O)OC(CS(=O)(=O)O)(C(F)(F)F)C(F)(F)F)C1CC[C@H]2[C@@H]3C(=O)CC4CC(=O)CCC4(C)[C@H]3CC(=O)C12C. The van der Waals surface area contributed by atoms with Crippen molar-refractivity contribution in [2.24, 2.45) is 46.3 Å². The Balaban J connectivity index is 1.51. The number of ether oxygens (including phenoxy) is 1. The second kappa shape index (κ2) is 10.8. The normalized spacial score (nSPS) is 36.0. The lowest BCUT2D eigenvalue weighted by Gasteiger charge is -2.58. The maximum Gasteiger partial charge on any atom is 0.438 e. The fraction of sp³-hybridized carbons (Fsp3) is 0.857. The summed E-state index contributed by atoms with van der Waals surface area (Å²) in [4.78, 5) is 51.8. The molecule has 0 aromatic rings. The smallest absolute Gasteiger partial charge is 0.438 e. The van der Waals surface area contributed by atoms with Crippen LogP contribution in [-0.2, 0) is 34.0 Å². The van der Waals surface area contributed by atoms with Gasteiger partial charge in [0, 0.05) is 43.4 Å². The zero-order chi connectivity index (χ0) is 32.6. The molecule has 244 valence electrons. The van der Waals surface area contributed by atoms with Gasteiger partial charge >= 0.3 is 23.9 Å². The Hall–Kier alpha value is -2.03. The van der Waals surface area contributed by atoms with E-state index in [1.54, 1.807) is 13.8 Å². The van der Waals surface area contributed by atoms with Crippen LogP contribution < -0.4 is 0 Å². The lowest BCUT2D eigenvalue weighted by Crippen LogP contribution is -2.63. The molecule has 1 N–H and O–H groups in total. The van der Waals surface area contributed by atoms with Crippen molar-refractivity contribution >= 4 is 33.4 Å². The average Bonchev–Trinajstić information content (AvgIpc) is 3.20. The first kappa shape index (κ1) is 33.9. The van der Waals surface area contributed by atoms with Crippen molar-refractivity contribution in [1.82, 2.24) is 0 Å². The fourth-order valence-corrected chi connectivity index (χ4v) is 9.81. The molecule has 4 rings (SSSR count). The van der Waals surface area contributed by atoms with Crippen molar-refractivity contribution in [2.45, 2.75) is 96.5 Å². The van der Waals surface area contributed by atoms with Crippen molar-refractivity contribution in [1.29, 1.82) is 0 Å². The Kier molecular flexibility index (Phi) is 8.50. The molecule has 8 nitrogen and oxygen atoms in total. The van der Waals surface area contributed by atoms with E-state index in [-0.39, 0.29) is 59.8 Å². The quantitative estimate of drug-likeness (QED) is 0.225. The number of carbonyl (C=O) groups excluding carboxylic acids is 4. The summed E-state index contributed by atoms with van der Waals surface area (Å²) in [6.07, 6.45) is -11.4. The maximum absolute atomic E-state index is 13.8. The summed E-state index contributed by atoms with van der Waals surface area (Å²) in [5.41, 5.74) is -6.81. The van der Waals surface area contributed by atoms with E-state index >= 15 is 0 Å². The first-order valence-corrected chi connectivity index (χ1v) is 16.0. The van der Waals surface area contributed by atoms with Crippen molar-refractivity contribution < 1.29 is 63.2 Å². The third-order valence-electron chi connectivity index (χ3n) is 11.3. The topological polar surface area (TPSA) is 132 Å². The highest BCUT2D eigenvalue weighted by Crippen LogP contribution is 2.66. The molecule has 0 aromatic carbocycles. The molecule has 0 amide bonds. The second-order valence-electron chi connectivity index (χ2n) is 13.5. The minimum atomic E-state index is -6.41. The number of halogens is 6. The van der Waals surface area contributed by atoms with Crippen LogP contribution in [0.25, 0.3) is 0 Å². The molecule has 0 spiro atoms. The van der Waals surface area contributed by atoms with Gasteiger partial charge in [-0.25, -0.2) is 0 Å². The number of alkyl halides is 6. The third-order valence-corrected chi connectivity index (χ3v) is 12.1. The number of fused-ring (bicyclic) bond motifs is 5. The Morgan fingerprint density at radius 1 is 1.00 bits per heavy atom. The van der Waals surface area contributed by atoms with Crippen LogP contribution in [0, 0.1) is 46.3 Å². The van der Waals surface area contributed by atoms with E-state index < -0.39 is 69.4 Å². The highest BCUT2D eigenvalue weighted by atomic mass is 32.2. The summed E-state index contributed by atoms with van der Waals surface area (Å²) in [6, 6.07) is 0. The average molecular weight is 647 g/mol. The molecular weight excluding hydrogens is 610 g/mol. The van der Waals surface area contributed by atoms with Crippen LogP contribution in [0.3, 0.4) is 0 Å². The Morgan fingerprint density at radius 3 is 2.16 bits per heavy atom. The van der Waals surface area contributed by atoms with Gasteiger partial charge in [-0.1, -0.05) is 20.8 Å². The standard InChI is InChI=1S/C28H36F6O8S/c1-14(4-7-22(38)42-26(27(29,30)31,28(32,33)34)13-43(39,40)41)17-5-6-18-23-19(12-21(37)25(17,18)3)24(2)9-8-16(35)10-15(24)11-20(23)36/h14-15,17-19,23H,4-13H2,1-3H3,(H,39,40,41)/t14-,15?,17?,18+,19+,23+,24?,25?/m1/s1. The molecular formula is C28H36F6O8S. The number of rotatable bonds is 7. The molecule has 4 saturated carbocycles. The number of carbonyl (C=O) groups is 4. The minimum Gasteiger partial charge on any atom is -0.438 e. The number of hydrogen-bond donors (Lipinski definition) is 1. The van der Waals surface area contributed by atoms with Gasteiger partial charge in [0.15, 0.2) is 0 Å². The van der Waals surface area contributed by atoms with Gasteiger partial charge in [-0.15, -0.1) is 0 Å². The maximum atomic E-state index is 13.8. The van der Waals surface area contributed by atoms with Crippen LogP contribution in [0.5, 0.6) is 0 Å². The van der Waals surface area contributed by atoms with Gasteiger partial charge in [0.05, 0.1) is 0 Å². The highest BCUT2D eigenvalue weighted by molar-refractivity contribution is 7.85. The Labute approximate surface area is 245 Å². The molecule has 4 aliphatic rings. The van der Waals surface area contributed by atoms with E-state index in [0.29, 0.717) is 32.1 Å². The number of hydrogen-bond acceptors (Lipinski definition) is 7. The summed E-state index contributed by atoms with van der Waals surface area (Å²) in [5, 5.41) is 0. The van der Waals surface area contributed by atoms with Crippen LogP contribution in [0.15, 0.2) is 0 Å². The van der Waals surface area contributed by atoms with Gasteiger partial charge in [-0.05, 0) is 60.7 Å². The summed E-state index contributed by atoms with van der Waals surface area (Å²) >= 11 is 0. The lowest BCUT2D eigenvalue weighted by atomic mass is 9.44. The predicted molar refractivity (Wildman–Crippen MR) is 137 cm³/mol. The molecule has 43 heavy (non-hydrogen) atoms. The Bertz CT molecular complexity index is 1280. The van der Waals surface area contributed by atoms with Crippen LogP contribution in [0.1, 0.15) is 78.6 Å². The van der Waals surface area contributed by atoms with Crippen molar-refractivity contribution in [3.8, 4) is 0 Å². The summed E-state index contributed by atoms with van der Waals surface area (Å²) in [5.74, 6) is -6.91. The molecule has 4 aliphatic carbocycles. The van der Waals surface area contributed by atoms with Gasteiger partial charge in [0.1, 0.15) is 23.1 Å². The van der Waals surface area contributed by atoms with E-state index in [4.69, 9.17) is 4.55 Å². The Morgan fingerprint density at radius 2 is 1.60 bits per heavy atom. The molecule has 0 radical (unpaired) electrons. The van der Waals surface area contributed by atoms with Crippen molar-refractivity contribution in [3.05, 3.63) is 0 Å². The molecule has 4 fully saturated rings. The second-order valence-corrected chi connectivity index (χ2v) is 14.9. The first-order chi connectivity index (χ1) is 19.5. The molecule has 0 saturated heterocycles. The van der Waals surface area contributed by atoms with E-state index in [2.05, 4.69) is 11.7 Å². The zero-order valence-electron chi connectivity index (χ0n) is 24.0. The van der Waals surface area contributed by atoms with E-state index in [0.717, 1.165) is 0 Å². The molecule has 0 aromatic heterocycles. The molecule has 8 atom stereocenters.